The van der Waals surface area contributed by atoms with E-state index < -0.39 is 10.0 Å². The van der Waals surface area contributed by atoms with Gasteiger partial charge in [0.25, 0.3) is 10.0 Å². The van der Waals surface area contributed by atoms with Gasteiger partial charge in [0.2, 0.25) is 11.8 Å². The lowest BCUT2D eigenvalue weighted by molar-refractivity contribution is 0.245. The van der Waals surface area contributed by atoms with Gasteiger partial charge in [-0.2, -0.15) is 4.31 Å². The van der Waals surface area contributed by atoms with E-state index in [9.17, 15) is 8.42 Å². The van der Waals surface area contributed by atoms with E-state index in [1.54, 1.807) is 29.0 Å². The second-order valence-corrected chi connectivity index (χ2v) is 9.96. The number of aromatic nitrogens is 4. The Bertz CT molecular complexity index is 1120. The molecule has 2 aromatic heterocycles. The third-order valence-corrected chi connectivity index (χ3v) is 8.13. The van der Waals surface area contributed by atoms with Crippen molar-refractivity contribution in [2.24, 2.45) is 12.5 Å². The first kappa shape index (κ1) is 18.5. The molecular weight excluding hydrogens is 390 g/mol. The van der Waals surface area contributed by atoms with Crippen LogP contribution in [0.5, 0.6) is 0 Å². The van der Waals surface area contributed by atoms with Crippen molar-refractivity contribution >= 4 is 10.0 Å². The highest BCUT2D eigenvalue weighted by Gasteiger charge is 2.59. The van der Waals surface area contributed by atoms with Gasteiger partial charge < -0.3 is 8.98 Å². The molecule has 5 rings (SSSR count). The standard InChI is InChI=1S/C20H23N5O3S/c1-14-21-17(13-24(14)2)29(26,27)25-10-8-20(9-11-25)12-16(20)19-23-22-18(28-19)15-6-4-3-5-7-15/h3-7,13,16H,8-12H2,1-2H3/t16-/m0/s1. The van der Waals surface area contributed by atoms with Gasteiger partial charge in [0.1, 0.15) is 5.82 Å². The summed E-state index contributed by atoms with van der Waals surface area (Å²) in [4.78, 5) is 4.20. The summed E-state index contributed by atoms with van der Waals surface area (Å²) in [5, 5.41) is 8.60. The van der Waals surface area contributed by atoms with E-state index in [0.717, 1.165) is 24.8 Å². The molecule has 29 heavy (non-hydrogen) atoms. The van der Waals surface area contributed by atoms with Crippen LogP contribution in [0, 0.1) is 12.3 Å². The van der Waals surface area contributed by atoms with Gasteiger partial charge in [-0.15, -0.1) is 10.2 Å². The van der Waals surface area contributed by atoms with Crippen molar-refractivity contribution in [2.75, 3.05) is 13.1 Å². The molecule has 1 aromatic carbocycles. The number of piperidine rings is 1. The van der Waals surface area contributed by atoms with E-state index in [0.29, 0.717) is 30.7 Å². The van der Waals surface area contributed by atoms with Crippen molar-refractivity contribution in [3.8, 4) is 11.5 Å². The Kier molecular flexibility index (Phi) is 4.15. The second kappa shape index (κ2) is 6.50. The predicted molar refractivity (Wildman–Crippen MR) is 105 cm³/mol. The highest BCUT2D eigenvalue weighted by molar-refractivity contribution is 7.89. The fourth-order valence-corrected chi connectivity index (χ4v) is 5.74. The summed E-state index contributed by atoms with van der Waals surface area (Å²) < 4.78 is 35.0. The third kappa shape index (κ3) is 3.08. The molecule has 1 saturated carbocycles. The Morgan fingerprint density at radius 2 is 1.86 bits per heavy atom. The molecule has 152 valence electrons. The molecule has 0 bridgehead atoms. The Hall–Kier alpha value is -2.52. The average Bonchev–Trinajstić information content (AvgIpc) is 3.05. The number of nitrogens with zero attached hydrogens (tertiary/aromatic N) is 5. The maximum Gasteiger partial charge on any atom is 0.262 e. The maximum atomic E-state index is 12.9. The van der Waals surface area contributed by atoms with Gasteiger partial charge in [-0.3, -0.25) is 0 Å². The van der Waals surface area contributed by atoms with Gasteiger partial charge in [-0.1, -0.05) is 18.2 Å². The van der Waals surface area contributed by atoms with Gasteiger partial charge in [-0.05, 0) is 43.7 Å². The van der Waals surface area contributed by atoms with Crippen molar-refractivity contribution < 1.29 is 12.8 Å². The van der Waals surface area contributed by atoms with Crippen LogP contribution in [-0.2, 0) is 17.1 Å². The van der Waals surface area contributed by atoms with Crippen molar-refractivity contribution in [3.63, 3.8) is 0 Å². The smallest absolute Gasteiger partial charge is 0.262 e. The van der Waals surface area contributed by atoms with Crippen LogP contribution in [-0.4, -0.2) is 45.6 Å². The van der Waals surface area contributed by atoms with E-state index in [1.807, 2.05) is 30.3 Å². The van der Waals surface area contributed by atoms with Gasteiger partial charge in [0, 0.05) is 37.8 Å². The van der Waals surface area contributed by atoms with Crippen molar-refractivity contribution in [2.45, 2.75) is 37.1 Å². The number of imidazole rings is 1. The zero-order valence-corrected chi connectivity index (χ0v) is 17.3. The Morgan fingerprint density at radius 3 is 2.52 bits per heavy atom. The summed E-state index contributed by atoms with van der Waals surface area (Å²) in [6.45, 7) is 2.79. The SMILES string of the molecule is Cc1nc(S(=O)(=O)N2CCC3(CC2)C[C@H]3c2nnc(-c3ccccc3)o2)cn1C. The molecule has 1 saturated heterocycles. The molecule has 3 aromatic rings. The third-order valence-electron chi connectivity index (χ3n) is 6.36. The van der Waals surface area contributed by atoms with E-state index in [-0.39, 0.29) is 16.4 Å². The summed E-state index contributed by atoms with van der Waals surface area (Å²) >= 11 is 0. The van der Waals surface area contributed by atoms with E-state index >= 15 is 0 Å². The van der Waals surface area contributed by atoms with Crippen LogP contribution in [0.4, 0.5) is 0 Å². The molecule has 8 nitrogen and oxygen atoms in total. The molecule has 0 unspecified atom stereocenters. The summed E-state index contributed by atoms with van der Waals surface area (Å²) in [6, 6.07) is 9.73. The molecule has 0 amide bonds. The normalized spacial score (nSPS) is 21.5. The van der Waals surface area contributed by atoms with Crippen LogP contribution in [0.2, 0.25) is 0 Å². The number of benzene rings is 1. The van der Waals surface area contributed by atoms with Crippen molar-refractivity contribution in [3.05, 3.63) is 48.2 Å². The second-order valence-electron chi connectivity index (χ2n) is 8.07. The highest BCUT2D eigenvalue weighted by atomic mass is 32.2. The fourth-order valence-electron chi connectivity index (χ4n) is 4.28. The molecule has 0 radical (unpaired) electrons. The van der Waals surface area contributed by atoms with Crippen LogP contribution in [0.25, 0.3) is 11.5 Å². The van der Waals surface area contributed by atoms with Gasteiger partial charge in [0.05, 0.1) is 0 Å². The molecular formula is C20H23N5O3S. The minimum atomic E-state index is -3.55. The van der Waals surface area contributed by atoms with Gasteiger partial charge >= 0.3 is 0 Å². The molecule has 1 spiro atoms. The van der Waals surface area contributed by atoms with Crippen LogP contribution < -0.4 is 0 Å². The Morgan fingerprint density at radius 1 is 1.14 bits per heavy atom. The molecule has 1 aliphatic carbocycles. The van der Waals surface area contributed by atoms with E-state index in [1.165, 1.54) is 0 Å². The number of rotatable bonds is 4. The Labute approximate surface area is 169 Å². The maximum absolute atomic E-state index is 12.9. The molecule has 0 N–H and O–H groups in total. The summed E-state index contributed by atoms with van der Waals surface area (Å²) in [5.41, 5.74) is 0.986. The zero-order valence-electron chi connectivity index (χ0n) is 16.4. The quantitative estimate of drug-likeness (QED) is 0.653. The average molecular weight is 414 g/mol. The predicted octanol–water partition coefficient (Wildman–Crippen LogP) is 2.74. The molecule has 2 fully saturated rings. The highest BCUT2D eigenvalue weighted by Crippen LogP contribution is 2.64. The molecule has 9 heteroatoms. The van der Waals surface area contributed by atoms with Crippen LogP contribution in [0.15, 0.2) is 46.0 Å². The van der Waals surface area contributed by atoms with Crippen LogP contribution in [0.1, 0.15) is 36.9 Å². The molecule has 1 atom stereocenters. The first-order chi connectivity index (χ1) is 13.9. The summed E-state index contributed by atoms with van der Waals surface area (Å²) in [6.07, 6.45) is 4.15. The zero-order chi connectivity index (χ0) is 20.2. The lowest BCUT2D eigenvalue weighted by atomic mass is 9.92. The summed E-state index contributed by atoms with van der Waals surface area (Å²) in [7, 11) is -1.75. The fraction of sp³-hybridized carbons (Fsp3) is 0.450. The monoisotopic (exact) mass is 413 g/mol. The van der Waals surface area contributed by atoms with E-state index in [4.69, 9.17) is 4.42 Å². The van der Waals surface area contributed by atoms with Gasteiger partial charge in [0.15, 0.2) is 5.03 Å². The minimum Gasteiger partial charge on any atom is -0.420 e. The molecule has 2 aliphatic rings. The first-order valence-electron chi connectivity index (χ1n) is 9.78. The van der Waals surface area contributed by atoms with Crippen molar-refractivity contribution in [1.29, 1.82) is 0 Å². The largest absolute Gasteiger partial charge is 0.420 e. The molecule has 3 heterocycles. The van der Waals surface area contributed by atoms with Crippen molar-refractivity contribution in [1.82, 2.24) is 24.1 Å². The van der Waals surface area contributed by atoms with Crippen LogP contribution >= 0.6 is 0 Å². The topological polar surface area (TPSA) is 94.1 Å². The number of aryl methyl sites for hydroxylation is 2. The minimum absolute atomic E-state index is 0.0759. The number of hydrogen-bond acceptors (Lipinski definition) is 6. The first-order valence-corrected chi connectivity index (χ1v) is 11.2. The lowest BCUT2D eigenvalue weighted by Crippen LogP contribution is -2.39. The number of sulfonamides is 1. The molecule has 1 aliphatic heterocycles. The van der Waals surface area contributed by atoms with Crippen LogP contribution in [0.3, 0.4) is 0 Å². The van der Waals surface area contributed by atoms with Gasteiger partial charge in [-0.25, -0.2) is 13.4 Å². The van der Waals surface area contributed by atoms with E-state index in [2.05, 4.69) is 15.2 Å². The Balaban J connectivity index is 1.28. The lowest BCUT2D eigenvalue weighted by Gasteiger charge is -2.31. The number of hydrogen-bond donors (Lipinski definition) is 0. The summed E-state index contributed by atoms with van der Waals surface area (Å²) in [5.74, 6) is 2.10.